The van der Waals surface area contributed by atoms with E-state index in [1.807, 2.05) is 18.2 Å². The lowest BCUT2D eigenvalue weighted by molar-refractivity contribution is -0.116. The minimum Gasteiger partial charge on any atom is -0.354 e. The highest BCUT2D eigenvalue weighted by Crippen LogP contribution is 2.32. The summed E-state index contributed by atoms with van der Waals surface area (Å²) in [6, 6.07) is 14.6. The molecule has 6 heteroatoms. The minimum absolute atomic E-state index is 0.125. The van der Waals surface area contributed by atoms with E-state index >= 15 is 0 Å². The molecule has 0 radical (unpaired) electrons. The van der Waals surface area contributed by atoms with Crippen molar-refractivity contribution in [2.24, 2.45) is 0 Å². The van der Waals surface area contributed by atoms with Gasteiger partial charge in [-0.1, -0.05) is 36.3 Å². The van der Waals surface area contributed by atoms with Crippen molar-refractivity contribution >= 4 is 28.4 Å². The number of hydrogen-bond donors (Lipinski definition) is 1. The Bertz CT molecular complexity index is 1050. The van der Waals surface area contributed by atoms with Gasteiger partial charge in [0.05, 0.1) is 5.39 Å². The molecule has 156 valence electrons. The highest BCUT2D eigenvalue weighted by molar-refractivity contribution is 5.94. The zero-order chi connectivity index (χ0) is 20.5. The molecular weight excluding hydrogens is 376 g/mol. The van der Waals surface area contributed by atoms with E-state index in [0.717, 1.165) is 68.0 Å². The molecule has 2 aliphatic rings. The van der Waals surface area contributed by atoms with Gasteiger partial charge in [-0.15, -0.1) is 0 Å². The van der Waals surface area contributed by atoms with Crippen LogP contribution in [0.4, 0.5) is 11.5 Å². The van der Waals surface area contributed by atoms with E-state index in [-0.39, 0.29) is 5.91 Å². The van der Waals surface area contributed by atoms with Crippen LogP contribution in [-0.2, 0) is 11.2 Å². The van der Waals surface area contributed by atoms with Crippen molar-refractivity contribution in [1.29, 1.82) is 0 Å². The van der Waals surface area contributed by atoms with Gasteiger partial charge >= 0.3 is 0 Å². The molecule has 5 rings (SSSR count). The molecule has 0 unspecified atom stereocenters. The van der Waals surface area contributed by atoms with Gasteiger partial charge in [-0.2, -0.15) is 0 Å². The summed E-state index contributed by atoms with van der Waals surface area (Å²) in [5.41, 5.74) is 4.48. The minimum atomic E-state index is 0.125. The first-order chi connectivity index (χ1) is 14.7. The molecular formula is C24H28N4O2. The average Bonchev–Trinajstić information content (AvgIpc) is 3.19. The van der Waals surface area contributed by atoms with Crippen molar-refractivity contribution in [3.63, 3.8) is 0 Å². The summed E-state index contributed by atoms with van der Waals surface area (Å²) >= 11 is 0. The number of anilines is 2. The van der Waals surface area contributed by atoms with E-state index in [1.165, 1.54) is 11.1 Å². The third kappa shape index (κ3) is 3.79. The van der Waals surface area contributed by atoms with E-state index < -0.39 is 0 Å². The Morgan fingerprint density at radius 2 is 1.97 bits per heavy atom. The Hall–Kier alpha value is -2.86. The lowest BCUT2D eigenvalue weighted by atomic mass is 9.90. The van der Waals surface area contributed by atoms with Crippen LogP contribution >= 0.6 is 0 Å². The van der Waals surface area contributed by atoms with Crippen molar-refractivity contribution in [3.05, 3.63) is 53.6 Å². The maximum atomic E-state index is 11.7. The van der Waals surface area contributed by atoms with Gasteiger partial charge in [0.15, 0.2) is 11.4 Å². The first kappa shape index (κ1) is 19.1. The van der Waals surface area contributed by atoms with E-state index in [4.69, 9.17) is 4.52 Å². The van der Waals surface area contributed by atoms with Gasteiger partial charge in [0.25, 0.3) is 0 Å². The molecule has 0 bridgehead atoms. The predicted octanol–water partition coefficient (Wildman–Crippen LogP) is 4.03. The monoisotopic (exact) mass is 404 g/mol. The number of carbonyl (C=O) groups is 1. The van der Waals surface area contributed by atoms with Crippen molar-refractivity contribution in [2.75, 3.05) is 42.9 Å². The zero-order valence-corrected chi connectivity index (χ0v) is 17.4. The summed E-state index contributed by atoms with van der Waals surface area (Å²) in [5, 5.41) is 8.39. The fraction of sp³-hybridized carbons (Fsp3) is 0.417. The van der Waals surface area contributed by atoms with Crippen LogP contribution in [0.25, 0.3) is 11.0 Å². The molecule has 30 heavy (non-hydrogen) atoms. The summed E-state index contributed by atoms with van der Waals surface area (Å²) in [7, 11) is 0. The van der Waals surface area contributed by atoms with Crippen molar-refractivity contribution in [2.45, 2.75) is 32.1 Å². The molecule has 6 nitrogen and oxygen atoms in total. The maximum absolute atomic E-state index is 11.7. The second-order valence-electron chi connectivity index (χ2n) is 8.51. The number of nitrogens with zero attached hydrogens (tertiary/aromatic N) is 3. The number of aromatic nitrogens is 1. The van der Waals surface area contributed by atoms with Gasteiger partial charge in [-0.05, 0) is 54.6 Å². The molecule has 1 atom stereocenters. The summed E-state index contributed by atoms with van der Waals surface area (Å²) in [5.74, 6) is 1.40. The first-order valence-electron chi connectivity index (χ1n) is 10.9. The van der Waals surface area contributed by atoms with Crippen LogP contribution in [0.1, 0.15) is 36.8 Å². The molecule has 0 aliphatic carbocycles. The number of para-hydroxylation sites is 1. The fourth-order valence-corrected chi connectivity index (χ4v) is 4.67. The fourth-order valence-electron chi connectivity index (χ4n) is 4.67. The topological polar surface area (TPSA) is 61.6 Å². The van der Waals surface area contributed by atoms with Gasteiger partial charge < -0.3 is 14.7 Å². The number of aryl methyl sites for hydroxylation is 1. The molecule has 3 aromatic rings. The lowest BCUT2D eigenvalue weighted by Gasteiger charge is -2.34. The van der Waals surface area contributed by atoms with Crippen LogP contribution in [0.3, 0.4) is 0 Å². The summed E-state index contributed by atoms with van der Waals surface area (Å²) < 4.78 is 5.47. The number of hydrogen-bond acceptors (Lipinski definition) is 5. The summed E-state index contributed by atoms with van der Waals surface area (Å²) in [6.45, 7) is 7.30. The Labute approximate surface area is 176 Å². The quantitative estimate of drug-likeness (QED) is 0.696. The molecule has 1 fully saturated rings. The number of amides is 1. The highest BCUT2D eigenvalue weighted by atomic mass is 16.5. The van der Waals surface area contributed by atoms with Crippen molar-refractivity contribution in [1.82, 2.24) is 10.1 Å². The smallest absolute Gasteiger partial charge is 0.224 e. The third-order valence-electron chi connectivity index (χ3n) is 6.38. The van der Waals surface area contributed by atoms with Gasteiger partial charge in [0.1, 0.15) is 0 Å². The average molecular weight is 405 g/mol. The van der Waals surface area contributed by atoms with Gasteiger partial charge in [-0.3, -0.25) is 9.69 Å². The molecule has 2 aromatic carbocycles. The number of rotatable bonds is 5. The van der Waals surface area contributed by atoms with Crippen LogP contribution in [0.5, 0.6) is 0 Å². The second kappa shape index (κ2) is 8.11. The number of benzene rings is 2. The maximum Gasteiger partial charge on any atom is 0.224 e. The molecule has 1 saturated heterocycles. The normalized spacial score (nSPS) is 19.7. The highest BCUT2D eigenvalue weighted by Gasteiger charge is 2.23. The Kier molecular flexibility index (Phi) is 5.17. The van der Waals surface area contributed by atoms with E-state index in [9.17, 15) is 4.79 Å². The molecule has 2 aliphatic heterocycles. The van der Waals surface area contributed by atoms with Crippen LogP contribution in [0, 0.1) is 0 Å². The zero-order valence-electron chi connectivity index (χ0n) is 17.4. The van der Waals surface area contributed by atoms with Crippen LogP contribution in [-0.4, -0.2) is 48.7 Å². The van der Waals surface area contributed by atoms with Gasteiger partial charge in [0, 0.05) is 38.3 Å². The second-order valence-corrected chi connectivity index (χ2v) is 8.51. The van der Waals surface area contributed by atoms with Gasteiger partial charge in [-0.25, -0.2) is 0 Å². The van der Waals surface area contributed by atoms with Crippen LogP contribution in [0.15, 0.2) is 47.0 Å². The lowest BCUT2D eigenvalue weighted by Crippen LogP contribution is -2.46. The molecule has 0 saturated carbocycles. The van der Waals surface area contributed by atoms with E-state index in [1.54, 1.807) is 0 Å². The Morgan fingerprint density at radius 1 is 1.13 bits per heavy atom. The largest absolute Gasteiger partial charge is 0.354 e. The van der Waals surface area contributed by atoms with E-state index in [2.05, 4.69) is 51.5 Å². The molecule has 3 heterocycles. The van der Waals surface area contributed by atoms with Crippen LogP contribution in [0.2, 0.25) is 0 Å². The van der Waals surface area contributed by atoms with Gasteiger partial charge in [0.2, 0.25) is 5.91 Å². The number of carbonyl (C=O) groups excluding carboxylic acids is 1. The Balaban J connectivity index is 1.13. The molecule has 1 N–H and O–H groups in total. The predicted molar refractivity (Wildman–Crippen MR) is 119 cm³/mol. The third-order valence-corrected chi connectivity index (χ3v) is 6.38. The number of nitrogens with one attached hydrogen (secondary N) is 1. The Morgan fingerprint density at radius 3 is 2.83 bits per heavy atom. The van der Waals surface area contributed by atoms with Crippen molar-refractivity contribution < 1.29 is 9.32 Å². The first-order valence-corrected chi connectivity index (χ1v) is 10.9. The summed E-state index contributed by atoms with van der Waals surface area (Å²) in [6.07, 6.45) is 2.80. The van der Waals surface area contributed by atoms with Crippen LogP contribution < -0.4 is 10.2 Å². The molecule has 1 amide bonds. The number of fused-ring (bicyclic) bond motifs is 2. The summed E-state index contributed by atoms with van der Waals surface area (Å²) in [4.78, 5) is 16.6. The van der Waals surface area contributed by atoms with E-state index in [0.29, 0.717) is 12.3 Å². The van der Waals surface area contributed by atoms with Crippen molar-refractivity contribution in [3.8, 4) is 0 Å². The molecule has 1 aromatic heterocycles. The standard InChI is InChI=1S/C24H28N4O2/c1-17-15-23(29)25-21-9-8-18(16-20(17)21)5-4-10-27-11-13-28(14-12-27)24-19-6-2-3-7-22(19)30-26-24/h2-3,6-9,16-17H,4-5,10-15H2,1H3,(H,25,29)/t17-/m1/s1. The molecule has 0 spiro atoms. The number of piperazine rings is 1. The SMILES string of the molecule is C[C@@H]1CC(=O)Nc2ccc(CCCN3CCN(c4noc5ccccc45)CC3)cc21.